The van der Waals surface area contributed by atoms with E-state index in [4.69, 9.17) is 22.7 Å². The summed E-state index contributed by atoms with van der Waals surface area (Å²) >= 11 is 4.93. The highest BCUT2D eigenvalue weighted by molar-refractivity contribution is 7.80. The van der Waals surface area contributed by atoms with Crippen LogP contribution in [0.15, 0.2) is 41.5 Å². The summed E-state index contributed by atoms with van der Waals surface area (Å²) in [5, 5.41) is 0. The molecule has 110 valence electrons. The maximum Gasteiger partial charge on any atom is 0.328 e. The topological polar surface area (TPSA) is 62.2 Å². The molecular formula is C15H17N3O2S. The lowest BCUT2D eigenvalue weighted by molar-refractivity contribution is 0.295. The zero-order chi connectivity index (χ0) is 14.8. The Kier molecular flexibility index (Phi) is 3.79. The summed E-state index contributed by atoms with van der Waals surface area (Å²) in [7, 11) is 0. The molecule has 0 spiro atoms. The van der Waals surface area contributed by atoms with Gasteiger partial charge in [0.2, 0.25) is 0 Å². The van der Waals surface area contributed by atoms with Crippen LogP contribution in [0.1, 0.15) is 24.4 Å². The molecule has 1 aromatic carbocycles. The molecule has 1 heterocycles. The predicted molar refractivity (Wildman–Crippen MR) is 84.8 cm³/mol. The van der Waals surface area contributed by atoms with Gasteiger partial charge in [0, 0.05) is 24.0 Å². The van der Waals surface area contributed by atoms with Crippen LogP contribution < -0.4 is 16.2 Å². The molecule has 21 heavy (non-hydrogen) atoms. The molecule has 5 nitrogen and oxygen atoms in total. The smallest absolute Gasteiger partial charge is 0.328 e. The molecule has 0 amide bonds. The largest absolute Gasteiger partial charge is 0.492 e. The van der Waals surface area contributed by atoms with E-state index in [1.807, 2.05) is 30.6 Å². The fraction of sp³-hybridized carbons (Fsp3) is 0.333. The van der Waals surface area contributed by atoms with E-state index in [-0.39, 0.29) is 5.69 Å². The average Bonchev–Trinajstić information content (AvgIpc) is 3.25. The van der Waals surface area contributed by atoms with Crippen LogP contribution in [0.2, 0.25) is 0 Å². The molecule has 0 unspecified atom stereocenters. The van der Waals surface area contributed by atoms with Gasteiger partial charge in [-0.3, -0.25) is 9.13 Å². The molecule has 1 saturated carbocycles. The van der Waals surface area contributed by atoms with E-state index in [1.165, 1.54) is 0 Å². The molecule has 2 N–H and O–H groups in total. The number of nitrogens with zero attached hydrogens (tertiary/aromatic N) is 2. The molecule has 6 heteroatoms. The van der Waals surface area contributed by atoms with Crippen molar-refractivity contribution in [3.05, 3.63) is 52.7 Å². The van der Waals surface area contributed by atoms with Gasteiger partial charge < -0.3 is 10.5 Å². The zero-order valence-corrected chi connectivity index (χ0v) is 12.4. The van der Waals surface area contributed by atoms with Crippen molar-refractivity contribution in [2.24, 2.45) is 5.73 Å². The van der Waals surface area contributed by atoms with Gasteiger partial charge in [-0.05, 0) is 25.0 Å². The third-order valence-corrected chi connectivity index (χ3v) is 3.77. The first-order valence-electron chi connectivity index (χ1n) is 6.95. The lowest BCUT2D eigenvalue weighted by Gasteiger charge is -2.07. The van der Waals surface area contributed by atoms with E-state index in [2.05, 4.69) is 0 Å². The van der Waals surface area contributed by atoms with Crippen LogP contribution in [0, 0.1) is 0 Å². The molecule has 0 saturated heterocycles. The molecular weight excluding hydrogens is 286 g/mol. The fourth-order valence-electron chi connectivity index (χ4n) is 2.23. The normalized spacial score (nSPS) is 14.1. The number of imidazole rings is 1. The van der Waals surface area contributed by atoms with Crippen LogP contribution >= 0.6 is 12.2 Å². The molecule has 0 radical (unpaired) electrons. The van der Waals surface area contributed by atoms with E-state index < -0.39 is 0 Å². The molecule has 1 aliphatic carbocycles. The number of nitrogens with two attached hydrogens (primary N) is 1. The molecule has 0 bridgehead atoms. The third-order valence-electron chi connectivity index (χ3n) is 3.53. The Morgan fingerprint density at radius 3 is 2.90 bits per heavy atom. The minimum absolute atomic E-state index is 0.0398. The number of benzene rings is 1. The SMILES string of the molecule is NC(=S)c1cccc(OCCn2ccn(C3CC3)c2=O)c1. The highest BCUT2D eigenvalue weighted by Gasteiger charge is 2.25. The summed E-state index contributed by atoms with van der Waals surface area (Å²) in [4.78, 5) is 12.4. The number of rotatable bonds is 6. The lowest BCUT2D eigenvalue weighted by atomic mass is 10.2. The molecule has 2 aromatic rings. The van der Waals surface area contributed by atoms with Crippen molar-refractivity contribution < 1.29 is 4.74 Å². The van der Waals surface area contributed by atoms with Crippen LogP contribution in [-0.4, -0.2) is 20.7 Å². The highest BCUT2D eigenvalue weighted by atomic mass is 32.1. The monoisotopic (exact) mass is 303 g/mol. The molecule has 1 aliphatic rings. The first-order chi connectivity index (χ1) is 10.1. The van der Waals surface area contributed by atoms with Crippen molar-refractivity contribution >= 4 is 17.2 Å². The van der Waals surface area contributed by atoms with Gasteiger partial charge in [-0.1, -0.05) is 24.4 Å². The lowest BCUT2D eigenvalue weighted by Crippen LogP contribution is -2.25. The second-order valence-electron chi connectivity index (χ2n) is 5.15. The number of hydrogen-bond donors (Lipinski definition) is 1. The minimum Gasteiger partial charge on any atom is -0.492 e. The van der Waals surface area contributed by atoms with E-state index in [9.17, 15) is 4.79 Å². The standard InChI is InChI=1S/C15H17N3O2S/c16-14(21)11-2-1-3-13(10-11)20-9-8-17-6-7-18(15(17)19)12-4-5-12/h1-3,6-7,10,12H,4-5,8-9H2,(H2,16,21). The zero-order valence-electron chi connectivity index (χ0n) is 11.6. The summed E-state index contributed by atoms with van der Waals surface area (Å²) in [6, 6.07) is 7.75. The summed E-state index contributed by atoms with van der Waals surface area (Å²) in [6.07, 6.45) is 5.88. The van der Waals surface area contributed by atoms with Crippen molar-refractivity contribution in [2.45, 2.75) is 25.4 Å². The van der Waals surface area contributed by atoms with Gasteiger partial charge in [-0.25, -0.2) is 4.79 Å². The maximum absolute atomic E-state index is 12.1. The van der Waals surface area contributed by atoms with Gasteiger partial charge in [0.25, 0.3) is 0 Å². The van der Waals surface area contributed by atoms with Crippen LogP contribution in [0.3, 0.4) is 0 Å². The Morgan fingerprint density at radius 2 is 2.19 bits per heavy atom. The Morgan fingerprint density at radius 1 is 1.38 bits per heavy atom. The van der Waals surface area contributed by atoms with Crippen LogP contribution in [0.4, 0.5) is 0 Å². The number of aromatic nitrogens is 2. The Bertz CT molecular complexity index is 716. The summed E-state index contributed by atoms with van der Waals surface area (Å²) in [6.45, 7) is 0.950. The first-order valence-corrected chi connectivity index (χ1v) is 7.36. The van der Waals surface area contributed by atoms with Crippen molar-refractivity contribution in [1.29, 1.82) is 0 Å². The molecule has 0 atom stereocenters. The van der Waals surface area contributed by atoms with Crippen molar-refractivity contribution in [3.8, 4) is 5.75 Å². The van der Waals surface area contributed by atoms with Gasteiger partial charge in [0.05, 0.1) is 6.54 Å². The average molecular weight is 303 g/mol. The van der Waals surface area contributed by atoms with Gasteiger partial charge >= 0.3 is 5.69 Å². The van der Waals surface area contributed by atoms with Gasteiger partial charge in [0.15, 0.2) is 0 Å². The van der Waals surface area contributed by atoms with Crippen LogP contribution in [0.5, 0.6) is 5.75 Å². The van der Waals surface area contributed by atoms with Gasteiger partial charge in [0.1, 0.15) is 17.3 Å². The van der Waals surface area contributed by atoms with Crippen molar-refractivity contribution in [3.63, 3.8) is 0 Å². The molecule has 0 aliphatic heterocycles. The third kappa shape index (κ3) is 3.16. The second-order valence-corrected chi connectivity index (χ2v) is 5.59. The van der Waals surface area contributed by atoms with E-state index in [0.29, 0.717) is 29.9 Å². The first kappa shape index (κ1) is 13.9. The fourth-order valence-corrected chi connectivity index (χ4v) is 2.36. The van der Waals surface area contributed by atoms with E-state index >= 15 is 0 Å². The Balaban J connectivity index is 1.60. The Labute approximate surface area is 127 Å². The quantitative estimate of drug-likeness (QED) is 0.825. The number of hydrogen-bond acceptors (Lipinski definition) is 3. The van der Waals surface area contributed by atoms with Gasteiger partial charge in [-0.2, -0.15) is 0 Å². The number of thiocarbonyl (C=S) groups is 1. The summed E-state index contributed by atoms with van der Waals surface area (Å²) in [5.74, 6) is 0.704. The van der Waals surface area contributed by atoms with Crippen LogP contribution in [-0.2, 0) is 6.54 Å². The molecule has 3 rings (SSSR count). The summed E-state index contributed by atoms with van der Waals surface area (Å²) < 4.78 is 9.13. The van der Waals surface area contributed by atoms with Crippen molar-refractivity contribution in [2.75, 3.05) is 6.61 Å². The highest BCUT2D eigenvalue weighted by Crippen LogP contribution is 2.33. The maximum atomic E-state index is 12.1. The molecule has 1 aromatic heterocycles. The number of ether oxygens (including phenoxy) is 1. The molecule has 1 fully saturated rings. The minimum atomic E-state index is 0.0398. The second kappa shape index (κ2) is 5.73. The predicted octanol–water partition coefficient (Wildman–Crippen LogP) is 1.70. The van der Waals surface area contributed by atoms with Crippen molar-refractivity contribution in [1.82, 2.24) is 9.13 Å². The Hall–Kier alpha value is -2.08. The van der Waals surface area contributed by atoms with Gasteiger partial charge in [-0.15, -0.1) is 0 Å². The van der Waals surface area contributed by atoms with E-state index in [1.54, 1.807) is 15.2 Å². The van der Waals surface area contributed by atoms with Crippen LogP contribution in [0.25, 0.3) is 0 Å². The van der Waals surface area contributed by atoms with E-state index in [0.717, 1.165) is 18.4 Å². The summed E-state index contributed by atoms with van der Waals surface area (Å²) in [5.41, 5.74) is 6.40.